The van der Waals surface area contributed by atoms with Gasteiger partial charge in [-0.05, 0) is 35.9 Å². The predicted molar refractivity (Wildman–Crippen MR) is 112 cm³/mol. The molecule has 140 valence electrons. The van der Waals surface area contributed by atoms with Gasteiger partial charge in [-0.1, -0.05) is 36.4 Å². The van der Waals surface area contributed by atoms with Crippen LogP contribution in [0.3, 0.4) is 0 Å². The van der Waals surface area contributed by atoms with E-state index in [-0.39, 0.29) is 11.9 Å². The summed E-state index contributed by atoms with van der Waals surface area (Å²) < 4.78 is 0. The molecule has 4 rings (SSSR count). The Morgan fingerprint density at radius 2 is 1.86 bits per heavy atom. The van der Waals surface area contributed by atoms with Crippen molar-refractivity contribution in [2.45, 2.75) is 12.5 Å². The van der Waals surface area contributed by atoms with E-state index in [1.54, 1.807) is 17.4 Å². The molecule has 0 N–H and O–H groups in total. The lowest BCUT2D eigenvalue weighted by Gasteiger charge is -2.23. The molecular formula is C23H22N4O. The Kier molecular flexibility index (Phi) is 4.89. The molecule has 1 atom stereocenters. The summed E-state index contributed by atoms with van der Waals surface area (Å²) >= 11 is 0. The summed E-state index contributed by atoms with van der Waals surface area (Å²) in [5.41, 5.74) is 4.61. The number of hydrogen-bond donors (Lipinski definition) is 0. The van der Waals surface area contributed by atoms with Crippen LogP contribution in [0.15, 0.2) is 84.2 Å². The Morgan fingerprint density at radius 1 is 1.04 bits per heavy atom. The van der Waals surface area contributed by atoms with Gasteiger partial charge in [0.25, 0.3) is 5.91 Å². The first-order valence-electron chi connectivity index (χ1n) is 9.27. The molecule has 1 unspecified atom stereocenters. The Hall–Kier alpha value is -3.47. The average Bonchev–Trinajstić information content (AvgIpc) is 3.20. The number of carbonyl (C=O) groups excluding carboxylic acids is 1. The number of hydrogen-bond acceptors (Lipinski definition) is 4. The van der Waals surface area contributed by atoms with E-state index in [1.807, 2.05) is 62.6 Å². The number of benzene rings is 2. The largest absolute Gasteiger partial charge is 0.378 e. The number of carbonyl (C=O) groups is 1. The van der Waals surface area contributed by atoms with Gasteiger partial charge in [0, 0.05) is 49.7 Å². The van der Waals surface area contributed by atoms with Gasteiger partial charge in [-0.15, -0.1) is 0 Å². The molecule has 28 heavy (non-hydrogen) atoms. The highest BCUT2D eigenvalue weighted by Gasteiger charge is 2.33. The van der Waals surface area contributed by atoms with Gasteiger partial charge in [-0.3, -0.25) is 9.78 Å². The van der Waals surface area contributed by atoms with E-state index in [4.69, 9.17) is 5.10 Å². The summed E-state index contributed by atoms with van der Waals surface area (Å²) in [6.07, 6.45) is 4.19. The van der Waals surface area contributed by atoms with Crippen molar-refractivity contribution in [3.8, 4) is 0 Å². The number of aromatic nitrogens is 1. The average molecular weight is 370 g/mol. The van der Waals surface area contributed by atoms with Gasteiger partial charge in [0.05, 0.1) is 11.8 Å². The molecule has 1 amide bonds. The lowest BCUT2D eigenvalue weighted by molar-refractivity contribution is 0.0711. The van der Waals surface area contributed by atoms with Crippen molar-refractivity contribution in [1.82, 2.24) is 9.99 Å². The summed E-state index contributed by atoms with van der Waals surface area (Å²) in [6, 6.07) is 21.3. The summed E-state index contributed by atoms with van der Waals surface area (Å²) in [5.74, 6) is -0.0975. The first-order valence-corrected chi connectivity index (χ1v) is 9.27. The first kappa shape index (κ1) is 17.9. The van der Waals surface area contributed by atoms with Gasteiger partial charge >= 0.3 is 0 Å². The summed E-state index contributed by atoms with van der Waals surface area (Å²) in [5, 5.41) is 6.33. The zero-order chi connectivity index (χ0) is 19.5. The monoisotopic (exact) mass is 370 g/mol. The maximum Gasteiger partial charge on any atom is 0.274 e. The predicted octanol–water partition coefficient (Wildman–Crippen LogP) is 4.14. The van der Waals surface area contributed by atoms with Crippen LogP contribution in [0.2, 0.25) is 0 Å². The number of pyridine rings is 1. The van der Waals surface area contributed by atoms with Crippen molar-refractivity contribution in [2.75, 3.05) is 19.0 Å². The van der Waals surface area contributed by atoms with E-state index >= 15 is 0 Å². The van der Waals surface area contributed by atoms with Crippen molar-refractivity contribution < 1.29 is 4.79 Å². The fourth-order valence-corrected chi connectivity index (χ4v) is 3.39. The molecule has 3 aromatic rings. The molecule has 5 nitrogen and oxygen atoms in total. The van der Waals surface area contributed by atoms with Crippen LogP contribution in [0.4, 0.5) is 5.69 Å². The van der Waals surface area contributed by atoms with E-state index in [2.05, 4.69) is 28.1 Å². The number of amides is 1. The first-order chi connectivity index (χ1) is 13.6. The van der Waals surface area contributed by atoms with Crippen LogP contribution in [-0.4, -0.2) is 35.7 Å². The number of rotatable bonds is 4. The second kappa shape index (κ2) is 7.64. The molecule has 0 saturated heterocycles. The molecule has 2 heterocycles. The van der Waals surface area contributed by atoms with Gasteiger partial charge in [0.15, 0.2) is 0 Å². The van der Waals surface area contributed by atoms with Crippen molar-refractivity contribution in [3.05, 3.63) is 95.8 Å². The van der Waals surface area contributed by atoms with E-state index in [0.717, 1.165) is 22.5 Å². The molecule has 0 bridgehead atoms. The molecule has 1 aliphatic rings. The fourth-order valence-electron chi connectivity index (χ4n) is 3.39. The van der Waals surface area contributed by atoms with Gasteiger partial charge in [0.1, 0.15) is 0 Å². The minimum Gasteiger partial charge on any atom is -0.378 e. The summed E-state index contributed by atoms with van der Waals surface area (Å²) in [4.78, 5) is 19.5. The zero-order valence-electron chi connectivity index (χ0n) is 16.0. The number of nitrogens with zero attached hydrogens (tertiary/aromatic N) is 4. The van der Waals surface area contributed by atoms with E-state index < -0.39 is 0 Å². The Bertz CT molecular complexity index is 999. The van der Waals surface area contributed by atoms with E-state index in [9.17, 15) is 4.79 Å². The molecule has 5 heteroatoms. The van der Waals surface area contributed by atoms with Crippen LogP contribution < -0.4 is 4.90 Å². The third kappa shape index (κ3) is 3.51. The summed E-state index contributed by atoms with van der Waals surface area (Å²) in [7, 11) is 4.02. The minimum absolute atomic E-state index is 0.0975. The van der Waals surface area contributed by atoms with Gasteiger partial charge in [-0.25, -0.2) is 5.01 Å². The number of anilines is 1. The highest BCUT2D eigenvalue weighted by atomic mass is 16.2. The molecule has 0 saturated carbocycles. The third-order valence-corrected chi connectivity index (χ3v) is 4.91. The smallest absolute Gasteiger partial charge is 0.274 e. The van der Waals surface area contributed by atoms with Crippen molar-refractivity contribution in [2.24, 2.45) is 5.10 Å². The zero-order valence-corrected chi connectivity index (χ0v) is 16.0. The Labute approximate surface area is 164 Å². The topological polar surface area (TPSA) is 48.8 Å². The lowest BCUT2D eigenvalue weighted by atomic mass is 9.98. The molecule has 0 radical (unpaired) electrons. The number of hydrazone groups is 1. The van der Waals surface area contributed by atoms with Gasteiger partial charge in [-0.2, -0.15) is 5.10 Å². The van der Waals surface area contributed by atoms with Crippen LogP contribution in [0.25, 0.3) is 0 Å². The van der Waals surface area contributed by atoms with Gasteiger partial charge < -0.3 is 4.90 Å². The van der Waals surface area contributed by atoms with Crippen LogP contribution in [-0.2, 0) is 0 Å². The van der Waals surface area contributed by atoms with Gasteiger partial charge in [0.2, 0.25) is 0 Å². The van der Waals surface area contributed by atoms with Crippen molar-refractivity contribution >= 4 is 17.3 Å². The van der Waals surface area contributed by atoms with E-state index in [0.29, 0.717) is 12.0 Å². The highest BCUT2D eigenvalue weighted by Crippen LogP contribution is 2.35. The highest BCUT2D eigenvalue weighted by molar-refractivity contribution is 6.04. The molecule has 1 aliphatic heterocycles. The molecular weight excluding hydrogens is 348 g/mol. The van der Waals surface area contributed by atoms with Crippen molar-refractivity contribution in [3.63, 3.8) is 0 Å². The standard InChI is InChI=1S/C23H22N4O/c1-26(2)20-12-6-10-18(14-20)22-15-21(19-11-7-13-24-16-19)25-27(22)23(28)17-8-4-3-5-9-17/h3-14,16,22H,15H2,1-2H3. The SMILES string of the molecule is CN(C)c1cccc(C2CC(c3cccnc3)=NN2C(=O)c2ccccc2)c1. The van der Waals surface area contributed by atoms with Crippen LogP contribution in [0.5, 0.6) is 0 Å². The van der Waals surface area contributed by atoms with Crippen LogP contribution in [0, 0.1) is 0 Å². The fraction of sp³-hybridized carbons (Fsp3) is 0.174. The molecule has 0 spiro atoms. The quantitative estimate of drug-likeness (QED) is 0.693. The minimum atomic E-state index is -0.150. The second-order valence-corrected chi connectivity index (χ2v) is 7.01. The summed E-state index contributed by atoms with van der Waals surface area (Å²) in [6.45, 7) is 0. The molecule has 0 aliphatic carbocycles. The normalized spacial score (nSPS) is 16.0. The maximum atomic E-state index is 13.2. The molecule has 0 fully saturated rings. The Morgan fingerprint density at radius 3 is 2.57 bits per heavy atom. The third-order valence-electron chi connectivity index (χ3n) is 4.91. The van der Waals surface area contributed by atoms with Crippen LogP contribution >= 0.6 is 0 Å². The molecule has 1 aromatic heterocycles. The van der Waals surface area contributed by atoms with Crippen LogP contribution in [0.1, 0.15) is 33.9 Å². The maximum absolute atomic E-state index is 13.2. The Balaban J connectivity index is 1.74. The molecule has 2 aromatic carbocycles. The lowest BCUT2D eigenvalue weighted by Crippen LogP contribution is -2.27. The van der Waals surface area contributed by atoms with E-state index in [1.165, 1.54) is 0 Å². The second-order valence-electron chi connectivity index (χ2n) is 7.01. The van der Waals surface area contributed by atoms with Crippen molar-refractivity contribution in [1.29, 1.82) is 0 Å².